The van der Waals surface area contributed by atoms with Crippen LogP contribution in [0.4, 0.5) is 13.2 Å². The zero-order valence-corrected chi connectivity index (χ0v) is 12.2. The minimum atomic E-state index is -0.906. The lowest BCUT2D eigenvalue weighted by Gasteiger charge is -2.20. The summed E-state index contributed by atoms with van der Waals surface area (Å²) in [7, 11) is 0. The maximum Gasteiger partial charge on any atom is 0.146 e. The van der Waals surface area contributed by atoms with Gasteiger partial charge in [0.2, 0.25) is 0 Å². The number of hydrogen-bond acceptors (Lipinski definition) is 2. The second-order valence-corrected chi connectivity index (χ2v) is 5.09. The number of rotatable bonds is 4. The Balaban J connectivity index is 2.58. The van der Waals surface area contributed by atoms with E-state index in [1.54, 1.807) is 6.92 Å². The highest BCUT2D eigenvalue weighted by atomic mass is 79.9. The number of hydrogen-bond donors (Lipinski definition) is 1. The molecule has 1 atom stereocenters. The van der Waals surface area contributed by atoms with Gasteiger partial charge in [0.15, 0.2) is 0 Å². The van der Waals surface area contributed by atoms with Gasteiger partial charge >= 0.3 is 0 Å². The van der Waals surface area contributed by atoms with Crippen molar-refractivity contribution in [2.75, 3.05) is 6.54 Å². The van der Waals surface area contributed by atoms with Crippen LogP contribution in [0.25, 0.3) is 0 Å². The Morgan fingerprint density at radius 2 is 1.85 bits per heavy atom. The molecule has 1 heterocycles. The van der Waals surface area contributed by atoms with E-state index < -0.39 is 23.5 Å². The van der Waals surface area contributed by atoms with Crippen LogP contribution in [-0.2, 0) is 0 Å². The fourth-order valence-electron chi connectivity index (χ4n) is 2.02. The van der Waals surface area contributed by atoms with Crippen molar-refractivity contribution in [2.24, 2.45) is 0 Å². The molecule has 1 aromatic heterocycles. The van der Waals surface area contributed by atoms with Crippen molar-refractivity contribution >= 4 is 15.9 Å². The smallest absolute Gasteiger partial charge is 0.146 e. The number of benzene rings is 1. The van der Waals surface area contributed by atoms with Crippen LogP contribution in [0, 0.1) is 17.5 Å². The number of halogens is 4. The van der Waals surface area contributed by atoms with Gasteiger partial charge in [-0.3, -0.25) is 4.98 Å². The predicted molar refractivity (Wildman–Crippen MR) is 73.8 cm³/mol. The van der Waals surface area contributed by atoms with Crippen LogP contribution in [0.5, 0.6) is 0 Å². The summed E-state index contributed by atoms with van der Waals surface area (Å²) in [6, 6.07) is 2.81. The van der Waals surface area contributed by atoms with E-state index in [4.69, 9.17) is 0 Å². The molecule has 6 heteroatoms. The van der Waals surface area contributed by atoms with Gasteiger partial charge < -0.3 is 5.32 Å². The number of nitrogens with zero attached hydrogens (tertiary/aromatic N) is 1. The van der Waals surface area contributed by atoms with Crippen molar-refractivity contribution in [1.82, 2.24) is 10.3 Å². The van der Waals surface area contributed by atoms with Crippen LogP contribution in [0.2, 0.25) is 0 Å². The molecule has 106 valence electrons. The van der Waals surface area contributed by atoms with Crippen LogP contribution in [0.3, 0.4) is 0 Å². The third-order valence-electron chi connectivity index (χ3n) is 2.86. The summed E-state index contributed by atoms with van der Waals surface area (Å²) in [5.74, 6) is -2.08. The van der Waals surface area contributed by atoms with Gasteiger partial charge in [0, 0.05) is 21.8 Å². The average molecular weight is 345 g/mol. The van der Waals surface area contributed by atoms with E-state index in [9.17, 15) is 13.2 Å². The summed E-state index contributed by atoms with van der Waals surface area (Å²) >= 11 is 3.02. The lowest BCUT2D eigenvalue weighted by atomic mass is 9.98. The largest absolute Gasteiger partial charge is 0.306 e. The molecular formula is C14H12BrF3N2. The standard InChI is InChI=1S/C14H12BrF3N2/c1-2-20-14(9-3-4-19-7-12(9)18)13-10(16)5-8(15)6-11(13)17/h3-7,14,20H,2H2,1H3. The first kappa shape index (κ1) is 15.0. The molecule has 1 N–H and O–H groups in total. The van der Waals surface area contributed by atoms with Crippen LogP contribution in [-0.4, -0.2) is 11.5 Å². The topological polar surface area (TPSA) is 24.9 Å². The molecule has 1 unspecified atom stereocenters. The lowest BCUT2D eigenvalue weighted by molar-refractivity contribution is 0.493. The highest BCUT2D eigenvalue weighted by Gasteiger charge is 2.24. The first-order valence-electron chi connectivity index (χ1n) is 6.01. The molecule has 0 aliphatic heterocycles. The van der Waals surface area contributed by atoms with E-state index in [1.807, 2.05) is 0 Å². The Hall–Kier alpha value is -1.40. The van der Waals surface area contributed by atoms with Gasteiger partial charge in [0.1, 0.15) is 17.5 Å². The Kier molecular flexibility index (Phi) is 4.77. The van der Waals surface area contributed by atoms with Crippen molar-refractivity contribution < 1.29 is 13.2 Å². The van der Waals surface area contributed by atoms with Gasteiger partial charge in [-0.05, 0) is 24.7 Å². The van der Waals surface area contributed by atoms with E-state index in [0.717, 1.165) is 18.3 Å². The van der Waals surface area contributed by atoms with E-state index in [0.29, 0.717) is 11.0 Å². The van der Waals surface area contributed by atoms with Crippen molar-refractivity contribution in [1.29, 1.82) is 0 Å². The third-order valence-corrected chi connectivity index (χ3v) is 3.31. The lowest BCUT2D eigenvalue weighted by Crippen LogP contribution is -2.25. The second kappa shape index (κ2) is 6.37. The Morgan fingerprint density at radius 3 is 2.40 bits per heavy atom. The van der Waals surface area contributed by atoms with E-state index in [-0.39, 0.29) is 11.1 Å². The highest BCUT2D eigenvalue weighted by Crippen LogP contribution is 2.30. The Bertz CT molecular complexity index is 596. The SMILES string of the molecule is CCNC(c1ccncc1F)c1c(F)cc(Br)cc1F. The fraction of sp³-hybridized carbons (Fsp3) is 0.214. The van der Waals surface area contributed by atoms with E-state index in [2.05, 4.69) is 26.2 Å². The van der Waals surface area contributed by atoms with Gasteiger partial charge in [-0.1, -0.05) is 22.9 Å². The average Bonchev–Trinajstić information content (AvgIpc) is 2.37. The van der Waals surface area contributed by atoms with Crippen LogP contribution >= 0.6 is 15.9 Å². The highest BCUT2D eigenvalue weighted by molar-refractivity contribution is 9.10. The van der Waals surface area contributed by atoms with Gasteiger partial charge in [-0.2, -0.15) is 0 Å². The van der Waals surface area contributed by atoms with Gasteiger partial charge in [0.05, 0.1) is 12.2 Å². The van der Waals surface area contributed by atoms with E-state index in [1.165, 1.54) is 12.3 Å². The van der Waals surface area contributed by atoms with Crippen molar-refractivity contribution in [3.05, 3.63) is 63.6 Å². The van der Waals surface area contributed by atoms with Gasteiger partial charge in [-0.25, -0.2) is 13.2 Å². The maximum absolute atomic E-state index is 14.1. The molecule has 0 aliphatic carbocycles. The van der Waals surface area contributed by atoms with Gasteiger partial charge in [-0.15, -0.1) is 0 Å². The third kappa shape index (κ3) is 3.02. The molecule has 0 amide bonds. The van der Waals surface area contributed by atoms with Crippen molar-refractivity contribution in [3.8, 4) is 0 Å². The quantitative estimate of drug-likeness (QED) is 0.907. The minimum Gasteiger partial charge on any atom is -0.306 e. The molecule has 0 saturated carbocycles. The van der Waals surface area contributed by atoms with Crippen LogP contribution < -0.4 is 5.32 Å². The molecule has 2 aromatic rings. The Morgan fingerprint density at radius 1 is 1.20 bits per heavy atom. The molecule has 2 rings (SSSR count). The fourth-order valence-corrected chi connectivity index (χ4v) is 2.42. The molecule has 0 spiro atoms. The van der Waals surface area contributed by atoms with Crippen molar-refractivity contribution in [3.63, 3.8) is 0 Å². The molecule has 0 bridgehead atoms. The monoisotopic (exact) mass is 344 g/mol. The zero-order chi connectivity index (χ0) is 14.7. The molecule has 0 aliphatic rings. The zero-order valence-electron chi connectivity index (χ0n) is 10.6. The molecule has 1 aromatic carbocycles. The predicted octanol–water partition coefficient (Wildman–Crippen LogP) is 3.96. The molecule has 0 fully saturated rings. The molecule has 0 radical (unpaired) electrons. The van der Waals surface area contributed by atoms with Crippen LogP contribution in [0.1, 0.15) is 24.1 Å². The summed E-state index contributed by atoms with van der Waals surface area (Å²) in [6.07, 6.45) is 2.41. The number of pyridine rings is 1. The Labute approximate surface area is 123 Å². The van der Waals surface area contributed by atoms with Gasteiger partial charge in [0.25, 0.3) is 0 Å². The molecular weight excluding hydrogens is 333 g/mol. The maximum atomic E-state index is 14.1. The van der Waals surface area contributed by atoms with Crippen LogP contribution in [0.15, 0.2) is 35.1 Å². The minimum absolute atomic E-state index is 0.155. The summed E-state index contributed by atoms with van der Waals surface area (Å²) < 4.78 is 42.2. The molecule has 2 nitrogen and oxygen atoms in total. The summed E-state index contributed by atoms with van der Waals surface area (Å²) in [6.45, 7) is 2.21. The summed E-state index contributed by atoms with van der Waals surface area (Å²) in [5.41, 5.74) is -0.0536. The molecule has 20 heavy (non-hydrogen) atoms. The summed E-state index contributed by atoms with van der Waals surface area (Å²) in [5, 5.41) is 2.89. The second-order valence-electron chi connectivity index (χ2n) is 4.17. The first-order valence-corrected chi connectivity index (χ1v) is 6.81. The van der Waals surface area contributed by atoms with E-state index >= 15 is 0 Å². The summed E-state index contributed by atoms with van der Waals surface area (Å²) in [4.78, 5) is 3.64. The molecule has 0 saturated heterocycles. The first-order chi connectivity index (χ1) is 9.54. The van der Waals surface area contributed by atoms with Crippen molar-refractivity contribution in [2.45, 2.75) is 13.0 Å². The normalized spacial score (nSPS) is 12.4. The number of aromatic nitrogens is 1. The number of nitrogens with one attached hydrogen (secondary N) is 1.